The summed E-state index contributed by atoms with van der Waals surface area (Å²) in [6, 6.07) is 93.6. The molecule has 6 heteroatoms. The Morgan fingerprint density at radius 3 is 0.884 bits per heavy atom. The first kappa shape index (κ1) is 60.7. The predicted molar refractivity (Wildman–Crippen MR) is 394 cm³/mol. The zero-order valence-electron chi connectivity index (χ0n) is 55.8. The van der Waals surface area contributed by atoms with Gasteiger partial charge in [-0.1, -0.05) is 292 Å². The smallest absolute Gasteiger partial charge is 0.164 e. The number of rotatable bonds is 12. The minimum absolute atomic E-state index is 0.0268. The lowest BCUT2D eigenvalue weighted by Gasteiger charge is -2.42. The molecule has 0 bridgehead atoms. The summed E-state index contributed by atoms with van der Waals surface area (Å²) in [5.41, 5.74) is 26.6. The molecule has 2 aliphatic rings. The van der Waals surface area contributed by atoms with Crippen molar-refractivity contribution in [1.29, 1.82) is 0 Å². The third-order valence-electron chi connectivity index (χ3n) is 20.6. The van der Waals surface area contributed by atoms with Crippen molar-refractivity contribution in [3.05, 3.63) is 289 Å². The van der Waals surface area contributed by atoms with Gasteiger partial charge >= 0.3 is 0 Å². The van der Waals surface area contributed by atoms with Gasteiger partial charge in [-0.25, -0.2) is 29.9 Å². The largest absolute Gasteiger partial charge is 0.208 e. The molecule has 6 nitrogen and oxygen atoms in total. The van der Waals surface area contributed by atoms with Crippen molar-refractivity contribution in [2.24, 2.45) is 0 Å². The Hall–Kier alpha value is -10.6. The van der Waals surface area contributed by atoms with Crippen molar-refractivity contribution in [3.8, 4) is 135 Å². The van der Waals surface area contributed by atoms with Crippen LogP contribution >= 0.6 is 0 Å². The summed E-state index contributed by atoms with van der Waals surface area (Å²) in [6.45, 7) is 21.2. The summed E-state index contributed by atoms with van der Waals surface area (Å²) >= 11 is 0. The number of hydrogen-bond donors (Lipinski definition) is 0. The van der Waals surface area contributed by atoms with Gasteiger partial charge in [0.05, 0.1) is 0 Å². The second kappa shape index (κ2) is 24.1. The summed E-state index contributed by atoms with van der Waals surface area (Å²) < 4.78 is 0. The van der Waals surface area contributed by atoms with Crippen molar-refractivity contribution in [2.45, 2.75) is 110 Å². The second-order valence-electron chi connectivity index (χ2n) is 28.9. The molecule has 0 saturated carbocycles. The molecule has 0 fully saturated rings. The van der Waals surface area contributed by atoms with Crippen LogP contribution in [0, 0.1) is 6.92 Å². The summed E-state index contributed by atoms with van der Waals surface area (Å²) in [6.07, 6.45) is 4.58. The molecule has 464 valence electrons. The average Bonchev–Trinajstić information content (AvgIpc) is 0.754. The van der Waals surface area contributed by atoms with Crippen LogP contribution in [0.25, 0.3) is 135 Å². The topological polar surface area (TPSA) is 77.3 Å². The van der Waals surface area contributed by atoms with Crippen molar-refractivity contribution < 1.29 is 0 Å². The van der Waals surface area contributed by atoms with E-state index in [1.165, 1.54) is 39.8 Å². The van der Waals surface area contributed by atoms with Crippen LogP contribution in [0.3, 0.4) is 0 Å². The Morgan fingerprint density at radius 1 is 0.200 bits per heavy atom. The van der Waals surface area contributed by atoms with Gasteiger partial charge in [0.25, 0.3) is 0 Å². The normalized spacial score (nSPS) is 15.0. The number of nitrogens with zero attached hydrogens (tertiary/aromatic N) is 6. The summed E-state index contributed by atoms with van der Waals surface area (Å²) in [5.74, 6) is 3.97. The van der Waals surface area contributed by atoms with Crippen molar-refractivity contribution in [3.63, 3.8) is 0 Å². The number of aryl methyl sites for hydroxylation is 1. The van der Waals surface area contributed by atoms with E-state index in [9.17, 15) is 0 Å². The third-order valence-corrected chi connectivity index (χ3v) is 20.6. The Balaban J connectivity index is 0.670. The molecule has 0 unspecified atom stereocenters. The first-order chi connectivity index (χ1) is 45.9. The van der Waals surface area contributed by atoms with Crippen LogP contribution in [0.1, 0.15) is 109 Å². The molecule has 2 heterocycles. The van der Waals surface area contributed by atoms with E-state index in [0.717, 1.165) is 114 Å². The maximum absolute atomic E-state index is 5.36. The van der Waals surface area contributed by atoms with Gasteiger partial charge in [0.1, 0.15) is 0 Å². The number of aromatic nitrogens is 6. The zero-order valence-corrected chi connectivity index (χ0v) is 55.8. The highest BCUT2D eigenvalue weighted by Gasteiger charge is 2.39. The van der Waals surface area contributed by atoms with Crippen molar-refractivity contribution in [2.75, 3.05) is 0 Å². The lowest BCUT2D eigenvalue weighted by atomic mass is 9.62. The summed E-state index contributed by atoms with van der Waals surface area (Å²) in [4.78, 5) is 31.4. The van der Waals surface area contributed by atoms with Gasteiger partial charge in [0.15, 0.2) is 34.9 Å². The Morgan fingerprint density at radius 2 is 0.474 bits per heavy atom. The van der Waals surface area contributed by atoms with Crippen LogP contribution in [0.4, 0.5) is 0 Å². The molecule has 11 aromatic carbocycles. The fraction of sp³-hybridized carbons (Fsp3) is 0.191. The minimum Gasteiger partial charge on any atom is -0.208 e. The lowest BCUT2D eigenvalue weighted by Crippen LogP contribution is -2.34. The molecule has 13 aromatic rings. The predicted octanol–water partition coefficient (Wildman–Crippen LogP) is 23.1. The van der Waals surface area contributed by atoms with Crippen LogP contribution in [-0.2, 0) is 21.7 Å². The molecule has 2 aliphatic carbocycles. The van der Waals surface area contributed by atoms with Crippen LogP contribution in [0.2, 0.25) is 0 Å². The molecule has 0 saturated heterocycles. The van der Waals surface area contributed by atoms with Gasteiger partial charge in [-0.3, -0.25) is 0 Å². The highest BCUT2D eigenvalue weighted by molar-refractivity contribution is 5.86. The molecule has 2 aromatic heterocycles. The zero-order chi connectivity index (χ0) is 65.2. The quantitative estimate of drug-likeness (QED) is 0.121. The molecule has 0 radical (unpaired) electrons. The van der Waals surface area contributed by atoms with Gasteiger partial charge in [-0.2, -0.15) is 0 Å². The van der Waals surface area contributed by atoms with Gasteiger partial charge in [0.2, 0.25) is 0 Å². The van der Waals surface area contributed by atoms with E-state index in [1.54, 1.807) is 0 Å². The molecular weight excluding hydrogens is 1150 g/mol. The van der Waals surface area contributed by atoms with E-state index in [4.69, 9.17) is 29.9 Å². The SMILES string of the molecule is Cc1cc2c(cc1-c1nc(-c3ccccc3)nc(-c3ccc(-c4ccc(-c5ccc(-c6ccc(-c7ccc(-c8nc(-c9ccc%10c(c9)C(C)(C)CCC%10(C)C)nc(-c9ccc(-c%10ccccc%10)cc9-c9ccccc9)n8)cc7)cc6)cc5)cc4)cc3)n1)C(C)(C)CCC2(C)C. The van der Waals surface area contributed by atoms with Crippen LogP contribution in [-0.4, -0.2) is 29.9 Å². The maximum atomic E-state index is 5.36. The van der Waals surface area contributed by atoms with Crippen LogP contribution in [0.15, 0.2) is 261 Å². The Labute approximate surface area is 560 Å². The Kier molecular flexibility index (Phi) is 15.4. The van der Waals surface area contributed by atoms with E-state index in [1.807, 2.05) is 18.2 Å². The van der Waals surface area contributed by atoms with E-state index >= 15 is 0 Å². The molecule has 0 N–H and O–H groups in total. The van der Waals surface area contributed by atoms with Gasteiger partial charge in [-0.05, 0) is 173 Å². The van der Waals surface area contributed by atoms with Gasteiger partial charge in [0, 0.05) is 33.4 Å². The first-order valence-electron chi connectivity index (χ1n) is 33.6. The average molecular weight is 1230 g/mol. The number of fused-ring (bicyclic) bond motifs is 2. The molecule has 0 spiro atoms. The van der Waals surface area contributed by atoms with Crippen LogP contribution < -0.4 is 0 Å². The highest BCUT2D eigenvalue weighted by atomic mass is 15.0. The highest BCUT2D eigenvalue weighted by Crippen LogP contribution is 2.49. The molecular formula is C89H78N6. The lowest BCUT2D eigenvalue weighted by molar-refractivity contribution is 0.332. The van der Waals surface area contributed by atoms with Crippen LogP contribution in [0.5, 0.6) is 0 Å². The first-order valence-corrected chi connectivity index (χ1v) is 33.6. The number of hydrogen-bond acceptors (Lipinski definition) is 6. The molecule has 95 heavy (non-hydrogen) atoms. The summed E-state index contributed by atoms with van der Waals surface area (Å²) in [7, 11) is 0. The van der Waals surface area contributed by atoms with E-state index in [2.05, 4.69) is 305 Å². The fourth-order valence-electron chi connectivity index (χ4n) is 14.4. The third kappa shape index (κ3) is 11.9. The Bertz CT molecular complexity index is 4990. The molecule has 15 rings (SSSR count). The van der Waals surface area contributed by atoms with Crippen molar-refractivity contribution >= 4 is 0 Å². The number of benzene rings is 11. The van der Waals surface area contributed by atoms with E-state index < -0.39 is 0 Å². The van der Waals surface area contributed by atoms with E-state index in [0.29, 0.717) is 34.9 Å². The van der Waals surface area contributed by atoms with Gasteiger partial charge in [-0.15, -0.1) is 0 Å². The minimum atomic E-state index is 0.0268. The monoisotopic (exact) mass is 1230 g/mol. The maximum Gasteiger partial charge on any atom is 0.164 e. The molecule has 0 aliphatic heterocycles. The van der Waals surface area contributed by atoms with Crippen molar-refractivity contribution in [1.82, 2.24) is 29.9 Å². The summed E-state index contributed by atoms with van der Waals surface area (Å²) in [5, 5.41) is 0. The van der Waals surface area contributed by atoms with Gasteiger partial charge < -0.3 is 0 Å². The van der Waals surface area contributed by atoms with E-state index in [-0.39, 0.29) is 21.7 Å². The molecule has 0 atom stereocenters. The standard InChI is InChI=1S/C89H78N6/c1-57-53-77-79(89(8,9)52-51-87(77,4)5)56-74(57)85-93-80(68-23-17-12-18-24-68)90-81(94-85)69-41-37-65(38-42-69)63-33-29-61(30-34-63)59-25-27-60(28-26-59)62-31-35-64(36-32-62)66-39-43-70(44-40-66)82-91-83(72-46-48-76-78(55-72)88(6,7)50-49-86(76,2)3)95-84(92-82)73-47-45-71(58-19-13-10-14-20-58)54-75(73)67-21-15-11-16-22-67/h10-48,53-56H,49-52H2,1-9H3. The molecule has 0 amide bonds. The fourth-order valence-corrected chi connectivity index (χ4v) is 14.4. The second-order valence-corrected chi connectivity index (χ2v) is 28.9.